The number of ether oxygens (including phenoxy) is 1. The van der Waals surface area contributed by atoms with Crippen LogP contribution in [0.1, 0.15) is 18.1 Å². The van der Waals surface area contributed by atoms with Crippen LogP contribution in [0.4, 0.5) is 0 Å². The van der Waals surface area contributed by atoms with Crippen LogP contribution in [0.25, 0.3) is 0 Å². The van der Waals surface area contributed by atoms with E-state index < -0.39 is 0 Å². The van der Waals surface area contributed by atoms with Crippen molar-refractivity contribution in [3.8, 4) is 5.75 Å². The van der Waals surface area contributed by atoms with Crippen LogP contribution in [0.15, 0.2) is 12.1 Å². The Morgan fingerprint density at radius 3 is 2.75 bits per heavy atom. The Labute approximate surface area is 101 Å². The molecule has 4 heteroatoms. The van der Waals surface area contributed by atoms with Crippen LogP contribution < -0.4 is 10.1 Å². The predicted molar refractivity (Wildman–Crippen MR) is 66.1 cm³/mol. The molecule has 0 aliphatic rings. The predicted octanol–water partition coefficient (Wildman–Crippen LogP) is 2.13. The molecule has 0 bridgehead atoms. The molecule has 1 unspecified atom stereocenters. The number of halogens is 1. The number of methoxy groups -OCH3 is 1. The van der Waals surface area contributed by atoms with Gasteiger partial charge in [-0.15, -0.1) is 0 Å². The Morgan fingerprint density at radius 2 is 2.19 bits per heavy atom. The Bertz CT molecular complexity index is 353. The highest BCUT2D eigenvalue weighted by Crippen LogP contribution is 2.27. The summed E-state index contributed by atoms with van der Waals surface area (Å²) < 4.78 is 5.13. The first-order chi connectivity index (χ1) is 7.54. The first-order valence-electron chi connectivity index (χ1n) is 5.26. The highest BCUT2D eigenvalue weighted by molar-refractivity contribution is 6.32. The van der Waals surface area contributed by atoms with Gasteiger partial charge in [-0.3, -0.25) is 0 Å². The first kappa shape index (κ1) is 13.3. The molecule has 1 aromatic carbocycles. The van der Waals surface area contributed by atoms with Crippen molar-refractivity contribution in [2.24, 2.45) is 0 Å². The third-order valence-electron chi connectivity index (χ3n) is 2.37. The van der Waals surface area contributed by atoms with Crippen LogP contribution in [0, 0.1) is 6.92 Å². The molecular weight excluding hydrogens is 226 g/mol. The van der Waals surface area contributed by atoms with Gasteiger partial charge in [0.05, 0.1) is 18.2 Å². The summed E-state index contributed by atoms with van der Waals surface area (Å²) in [4.78, 5) is 0. The zero-order chi connectivity index (χ0) is 12.1. The highest BCUT2D eigenvalue weighted by Gasteiger charge is 2.06. The van der Waals surface area contributed by atoms with Gasteiger partial charge >= 0.3 is 0 Å². The van der Waals surface area contributed by atoms with Gasteiger partial charge in [-0.1, -0.05) is 11.6 Å². The molecule has 16 heavy (non-hydrogen) atoms. The number of benzene rings is 1. The van der Waals surface area contributed by atoms with Crippen LogP contribution in [0.2, 0.25) is 5.02 Å². The molecule has 0 saturated carbocycles. The Balaban J connectivity index is 2.70. The van der Waals surface area contributed by atoms with Crippen LogP contribution in [0.3, 0.4) is 0 Å². The van der Waals surface area contributed by atoms with E-state index in [9.17, 15) is 0 Å². The fourth-order valence-electron chi connectivity index (χ4n) is 1.46. The van der Waals surface area contributed by atoms with Crippen LogP contribution in [0.5, 0.6) is 5.75 Å². The van der Waals surface area contributed by atoms with E-state index in [4.69, 9.17) is 21.4 Å². The maximum absolute atomic E-state index is 9.13. The Hall–Kier alpha value is -0.770. The summed E-state index contributed by atoms with van der Waals surface area (Å²) in [5.41, 5.74) is 2.24. The third-order valence-corrected chi connectivity index (χ3v) is 2.66. The van der Waals surface area contributed by atoms with Crippen molar-refractivity contribution in [1.29, 1.82) is 0 Å². The van der Waals surface area contributed by atoms with E-state index in [1.165, 1.54) is 0 Å². The van der Waals surface area contributed by atoms with Crippen molar-refractivity contribution < 1.29 is 9.84 Å². The number of hydrogen-bond acceptors (Lipinski definition) is 3. The topological polar surface area (TPSA) is 41.5 Å². The van der Waals surface area contributed by atoms with Gasteiger partial charge in [-0.2, -0.15) is 0 Å². The van der Waals surface area contributed by atoms with E-state index in [1.807, 2.05) is 19.1 Å². The number of hydrogen-bond donors (Lipinski definition) is 2. The van der Waals surface area contributed by atoms with E-state index in [1.54, 1.807) is 14.0 Å². The van der Waals surface area contributed by atoms with Gasteiger partial charge < -0.3 is 15.2 Å². The second kappa shape index (κ2) is 6.09. The van der Waals surface area contributed by atoms with E-state index in [-0.39, 0.29) is 6.10 Å². The molecule has 90 valence electrons. The van der Waals surface area contributed by atoms with Crippen molar-refractivity contribution in [1.82, 2.24) is 5.32 Å². The zero-order valence-electron chi connectivity index (χ0n) is 9.88. The molecule has 3 nitrogen and oxygen atoms in total. The molecule has 2 N–H and O–H groups in total. The lowest BCUT2D eigenvalue weighted by Gasteiger charge is -2.12. The van der Waals surface area contributed by atoms with Crippen molar-refractivity contribution in [3.63, 3.8) is 0 Å². The molecule has 0 radical (unpaired) electrons. The lowest BCUT2D eigenvalue weighted by molar-refractivity contribution is 0.191. The molecule has 0 aliphatic carbocycles. The Morgan fingerprint density at radius 1 is 1.50 bits per heavy atom. The molecule has 0 heterocycles. The lowest BCUT2D eigenvalue weighted by Crippen LogP contribution is -2.24. The third kappa shape index (κ3) is 3.67. The van der Waals surface area contributed by atoms with E-state index in [0.717, 1.165) is 11.1 Å². The highest BCUT2D eigenvalue weighted by atomic mass is 35.5. The smallest absolute Gasteiger partial charge is 0.137 e. The summed E-state index contributed by atoms with van der Waals surface area (Å²) in [6.07, 6.45) is -0.339. The minimum Gasteiger partial charge on any atom is -0.495 e. The molecule has 0 amide bonds. The standard InChI is InChI=1S/C12H18ClNO2/c1-8-4-12(16-3)11(13)5-10(8)7-14-6-9(2)15/h4-5,9,14-15H,6-7H2,1-3H3. The van der Waals surface area contributed by atoms with Gasteiger partial charge in [0.25, 0.3) is 0 Å². The number of rotatable bonds is 5. The number of nitrogens with one attached hydrogen (secondary N) is 1. The molecule has 0 aliphatic heterocycles. The second-order valence-corrected chi connectivity index (χ2v) is 4.30. The minimum absolute atomic E-state index is 0.339. The summed E-state index contributed by atoms with van der Waals surface area (Å²) >= 11 is 6.04. The number of aliphatic hydroxyl groups excluding tert-OH is 1. The SMILES string of the molecule is COc1cc(C)c(CNCC(C)O)cc1Cl. The van der Waals surface area contributed by atoms with Gasteiger partial charge in [0.15, 0.2) is 0 Å². The van der Waals surface area contributed by atoms with Crippen LogP contribution >= 0.6 is 11.6 Å². The number of aryl methyl sites for hydroxylation is 1. The molecule has 0 spiro atoms. The quantitative estimate of drug-likeness (QED) is 0.833. The van der Waals surface area contributed by atoms with Gasteiger partial charge in [0.1, 0.15) is 5.75 Å². The average molecular weight is 244 g/mol. The maximum Gasteiger partial charge on any atom is 0.137 e. The molecule has 1 rings (SSSR count). The summed E-state index contributed by atoms with van der Waals surface area (Å²) in [6, 6.07) is 3.81. The van der Waals surface area contributed by atoms with E-state index >= 15 is 0 Å². The summed E-state index contributed by atoms with van der Waals surface area (Å²) in [5.74, 6) is 0.693. The maximum atomic E-state index is 9.13. The zero-order valence-corrected chi connectivity index (χ0v) is 10.6. The molecule has 1 aromatic rings. The minimum atomic E-state index is -0.339. The molecule has 1 atom stereocenters. The summed E-state index contributed by atoms with van der Waals surface area (Å²) in [7, 11) is 1.60. The van der Waals surface area contributed by atoms with Crippen molar-refractivity contribution in [2.45, 2.75) is 26.5 Å². The van der Waals surface area contributed by atoms with Crippen LogP contribution in [-0.2, 0) is 6.54 Å². The van der Waals surface area contributed by atoms with Crippen LogP contribution in [-0.4, -0.2) is 24.9 Å². The van der Waals surface area contributed by atoms with Crippen molar-refractivity contribution >= 4 is 11.6 Å². The second-order valence-electron chi connectivity index (χ2n) is 3.89. The van der Waals surface area contributed by atoms with Gasteiger partial charge in [0, 0.05) is 13.1 Å². The fraction of sp³-hybridized carbons (Fsp3) is 0.500. The van der Waals surface area contributed by atoms with Crippen molar-refractivity contribution in [3.05, 3.63) is 28.3 Å². The van der Waals surface area contributed by atoms with Gasteiger partial charge in [0.2, 0.25) is 0 Å². The average Bonchev–Trinajstić information content (AvgIpc) is 2.22. The van der Waals surface area contributed by atoms with Crippen molar-refractivity contribution in [2.75, 3.05) is 13.7 Å². The fourth-order valence-corrected chi connectivity index (χ4v) is 1.72. The van der Waals surface area contributed by atoms with E-state index in [0.29, 0.717) is 23.9 Å². The normalized spacial score (nSPS) is 12.6. The Kier molecular flexibility index (Phi) is 5.06. The summed E-state index contributed by atoms with van der Waals surface area (Å²) in [6.45, 7) is 5.03. The first-order valence-corrected chi connectivity index (χ1v) is 5.64. The molecule has 0 saturated heterocycles. The number of aliphatic hydroxyl groups is 1. The largest absolute Gasteiger partial charge is 0.495 e. The molecular formula is C12H18ClNO2. The lowest BCUT2D eigenvalue weighted by atomic mass is 10.1. The molecule has 0 aromatic heterocycles. The van der Waals surface area contributed by atoms with E-state index in [2.05, 4.69) is 5.32 Å². The van der Waals surface area contributed by atoms with Gasteiger partial charge in [-0.05, 0) is 37.1 Å². The monoisotopic (exact) mass is 243 g/mol. The molecule has 0 fully saturated rings. The van der Waals surface area contributed by atoms with Gasteiger partial charge in [-0.25, -0.2) is 0 Å². The summed E-state index contributed by atoms with van der Waals surface area (Å²) in [5, 5.41) is 12.9.